The van der Waals surface area contributed by atoms with E-state index >= 15 is 0 Å². The van der Waals surface area contributed by atoms with Crippen LogP contribution in [-0.2, 0) is 0 Å². The Morgan fingerprint density at radius 2 is 2.20 bits per heavy atom. The SMILES string of the molecule is NC/C=C/c1ccccc1OC1CSC1. The summed E-state index contributed by atoms with van der Waals surface area (Å²) >= 11 is 1.93. The van der Waals surface area contributed by atoms with Crippen LogP contribution in [0.15, 0.2) is 30.3 Å². The van der Waals surface area contributed by atoms with Crippen LogP contribution in [0.4, 0.5) is 0 Å². The number of ether oxygens (including phenoxy) is 1. The highest BCUT2D eigenvalue weighted by Gasteiger charge is 2.20. The second-order valence-corrected chi connectivity index (χ2v) is 4.53. The number of thioether (sulfide) groups is 1. The van der Waals surface area contributed by atoms with E-state index < -0.39 is 0 Å². The molecule has 0 saturated carbocycles. The summed E-state index contributed by atoms with van der Waals surface area (Å²) in [5.74, 6) is 3.18. The van der Waals surface area contributed by atoms with Crippen molar-refractivity contribution >= 4 is 17.8 Å². The summed E-state index contributed by atoms with van der Waals surface area (Å²) in [5, 5.41) is 0. The fourth-order valence-electron chi connectivity index (χ4n) is 1.38. The molecule has 1 heterocycles. The van der Waals surface area contributed by atoms with Crippen LogP contribution in [0.1, 0.15) is 5.56 Å². The Kier molecular flexibility index (Phi) is 3.69. The van der Waals surface area contributed by atoms with Gasteiger partial charge in [0.05, 0.1) is 0 Å². The molecular weight excluding hydrogens is 206 g/mol. The number of para-hydroxylation sites is 1. The molecule has 0 aromatic heterocycles. The molecule has 0 amide bonds. The molecule has 0 radical (unpaired) electrons. The lowest BCUT2D eigenvalue weighted by Crippen LogP contribution is -2.31. The molecule has 1 aliphatic rings. The van der Waals surface area contributed by atoms with Crippen LogP contribution in [0.2, 0.25) is 0 Å². The van der Waals surface area contributed by atoms with Gasteiger partial charge < -0.3 is 10.5 Å². The predicted molar refractivity (Wildman–Crippen MR) is 66.3 cm³/mol. The van der Waals surface area contributed by atoms with E-state index in [1.807, 2.05) is 48.2 Å². The van der Waals surface area contributed by atoms with Gasteiger partial charge in [-0.3, -0.25) is 0 Å². The maximum Gasteiger partial charge on any atom is 0.127 e. The van der Waals surface area contributed by atoms with E-state index in [-0.39, 0.29) is 0 Å². The Bertz CT molecular complexity index is 347. The van der Waals surface area contributed by atoms with E-state index in [4.69, 9.17) is 10.5 Å². The summed E-state index contributed by atoms with van der Waals surface area (Å²) in [7, 11) is 0. The first kappa shape index (κ1) is 10.6. The molecule has 0 atom stereocenters. The Labute approximate surface area is 94.5 Å². The molecule has 2 nitrogen and oxygen atoms in total. The van der Waals surface area contributed by atoms with Crippen LogP contribution < -0.4 is 10.5 Å². The maximum atomic E-state index is 5.87. The maximum absolute atomic E-state index is 5.87. The van der Waals surface area contributed by atoms with Gasteiger partial charge in [0.2, 0.25) is 0 Å². The molecule has 1 aromatic rings. The quantitative estimate of drug-likeness (QED) is 0.846. The monoisotopic (exact) mass is 221 g/mol. The number of nitrogens with two attached hydrogens (primary N) is 1. The normalized spacial score (nSPS) is 16.6. The van der Waals surface area contributed by atoms with Gasteiger partial charge in [-0.1, -0.05) is 30.4 Å². The van der Waals surface area contributed by atoms with Crippen LogP contribution in [0.25, 0.3) is 6.08 Å². The zero-order chi connectivity index (χ0) is 10.5. The fraction of sp³-hybridized carbons (Fsp3) is 0.333. The van der Waals surface area contributed by atoms with Crippen molar-refractivity contribution in [3.05, 3.63) is 35.9 Å². The fourth-order valence-corrected chi connectivity index (χ4v) is 1.95. The molecular formula is C12H15NOS. The van der Waals surface area contributed by atoms with E-state index in [2.05, 4.69) is 0 Å². The number of hydrogen-bond donors (Lipinski definition) is 1. The van der Waals surface area contributed by atoms with Crippen molar-refractivity contribution in [1.29, 1.82) is 0 Å². The van der Waals surface area contributed by atoms with Gasteiger partial charge >= 0.3 is 0 Å². The van der Waals surface area contributed by atoms with Gasteiger partial charge in [-0.05, 0) is 6.07 Å². The van der Waals surface area contributed by atoms with Gasteiger partial charge in [-0.25, -0.2) is 0 Å². The van der Waals surface area contributed by atoms with Crippen molar-refractivity contribution in [2.24, 2.45) is 5.73 Å². The van der Waals surface area contributed by atoms with Gasteiger partial charge in [-0.15, -0.1) is 0 Å². The molecule has 0 unspecified atom stereocenters. The third-order valence-electron chi connectivity index (χ3n) is 2.25. The van der Waals surface area contributed by atoms with Crippen LogP contribution in [0.3, 0.4) is 0 Å². The summed E-state index contributed by atoms with van der Waals surface area (Å²) in [6.45, 7) is 0.563. The van der Waals surface area contributed by atoms with Crippen LogP contribution in [0, 0.1) is 0 Å². The standard InChI is InChI=1S/C12H15NOS/c13-7-3-5-10-4-1-2-6-12(10)14-11-8-15-9-11/h1-6,11H,7-9,13H2/b5-3+. The Balaban J connectivity index is 2.09. The van der Waals surface area contributed by atoms with Crippen molar-refractivity contribution in [3.8, 4) is 5.75 Å². The summed E-state index contributed by atoms with van der Waals surface area (Å²) in [6, 6.07) is 8.08. The molecule has 1 aliphatic heterocycles. The summed E-state index contributed by atoms with van der Waals surface area (Å²) in [6.07, 6.45) is 4.35. The predicted octanol–water partition coefficient (Wildman–Crippen LogP) is 2.15. The van der Waals surface area contributed by atoms with Gasteiger partial charge in [0, 0.05) is 23.6 Å². The number of benzene rings is 1. The smallest absolute Gasteiger partial charge is 0.127 e. The molecule has 2 rings (SSSR count). The molecule has 0 aliphatic carbocycles. The number of hydrogen-bond acceptors (Lipinski definition) is 3. The van der Waals surface area contributed by atoms with Crippen molar-refractivity contribution in [1.82, 2.24) is 0 Å². The lowest BCUT2D eigenvalue weighted by atomic mass is 10.2. The van der Waals surface area contributed by atoms with Crippen molar-refractivity contribution in [3.63, 3.8) is 0 Å². The minimum Gasteiger partial charge on any atom is -0.488 e. The largest absolute Gasteiger partial charge is 0.488 e. The average Bonchev–Trinajstić information content (AvgIpc) is 2.22. The van der Waals surface area contributed by atoms with Crippen LogP contribution in [0.5, 0.6) is 5.75 Å². The first-order valence-corrected chi connectivity index (χ1v) is 6.25. The highest BCUT2D eigenvalue weighted by molar-refractivity contribution is 8.00. The molecule has 3 heteroatoms. The van der Waals surface area contributed by atoms with Gasteiger partial charge in [0.1, 0.15) is 11.9 Å². The molecule has 80 valence electrons. The summed E-state index contributed by atoms with van der Waals surface area (Å²) in [5.41, 5.74) is 6.55. The van der Waals surface area contributed by atoms with Crippen LogP contribution in [-0.4, -0.2) is 24.2 Å². The summed E-state index contributed by atoms with van der Waals surface area (Å²) < 4.78 is 5.87. The zero-order valence-electron chi connectivity index (χ0n) is 8.56. The average molecular weight is 221 g/mol. The molecule has 0 spiro atoms. The molecule has 15 heavy (non-hydrogen) atoms. The molecule has 1 saturated heterocycles. The number of rotatable bonds is 4. The third-order valence-corrected chi connectivity index (χ3v) is 3.47. The Morgan fingerprint density at radius 3 is 2.87 bits per heavy atom. The lowest BCUT2D eigenvalue weighted by molar-refractivity contribution is 0.240. The second-order valence-electron chi connectivity index (χ2n) is 3.45. The molecule has 1 aromatic carbocycles. The van der Waals surface area contributed by atoms with Gasteiger partial charge in [0.15, 0.2) is 0 Å². The topological polar surface area (TPSA) is 35.2 Å². The Hall–Kier alpha value is -0.930. The van der Waals surface area contributed by atoms with E-state index in [1.54, 1.807) is 0 Å². The van der Waals surface area contributed by atoms with Crippen molar-refractivity contribution in [2.75, 3.05) is 18.1 Å². The third kappa shape index (κ3) is 2.76. The van der Waals surface area contributed by atoms with Crippen molar-refractivity contribution in [2.45, 2.75) is 6.10 Å². The van der Waals surface area contributed by atoms with Gasteiger partial charge in [0.25, 0.3) is 0 Å². The lowest BCUT2D eigenvalue weighted by Gasteiger charge is -2.26. The first-order chi connectivity index (χ1) is 7.40. The van der Waals surface area contributed by atoms with E-state index in [9.17, 15) is 0 Å². The van der Waals surface area contributed by atoms with E-state index in [0.29, 0.717) is 12.6 Å². The zero-order valence-corrected chi connectivity index (χ0v) is 9.37. The molecule has 0 bridgehead atoms. The highest BCUT2D eigenvalue weighted by Crippen LogP contribution is 2.26. The molecule has 1 fully saturated rings. The van der Waals surface area contributed by atoms with Crippen molar-refractivity contribution < 1.29 is 4.74 Å². The van der Waals surface area contributed by atoms with E-state index in [0.717, 1.165) is 22.8 Å². The van der Waals surface area contributed by atoms with Gasteiger partial charge in [-0.2, -0.15) is 11.8 Å². The molecule has 2 N–H and O–H groups in total. The summed E-state index contributed by atoms with van der Waals surface area (Å²) in [4.78, 5) is 0. The Morgan fingerprint density at radius 1 is 1.40 bits per heavy atom. The minimum atomic E-state index is 0.391. The first-order valence-electron chi connectivity index (χ1n) is 5.10. The minimum absolute atomic E-state index is 0.391. The van der Waals surface area contributed by atoms with Crippen LogP contribution >= 0.6 is 11.8 Å². The second kappa shape index (κ2) is 5.24. The highest BCUT2D eigenvalue weighted by atomic mass is 32.2. The van der Waals surface area contributed by atoms with E-state index in [1.165, 1.54) is 0 Å².